The summed E-state index contributed by atoms with van der Waals surface area (Å²) >= 11 is 0. The van der Waals surface area contributed by atoms with Gasteiger partial charge in [-0.25, -0.2) is 4.79 Å². The second-order valence-electron chi connectivity index (χ2n) is 6.51. The Hall–Kier alpha value is -1.42. The van der Waals surface area contributed by atoms with Crippen LogP contribution >= 0.6 is 0 Å². The van der Waals surface area contributed by atoms with Gasteiger partial charge in [0.1, 0.15) is 42.7 Å². The van der Waals surface area contributed by atoms with E-state index in [1.165, 1.54) is 14.0 Å². The molecular weight excluding hydrogens is 386 g/mol. The molecule has 2 rings (SSSR count). The minimum absolute atomic E-state index is 0.551. The third kappa shape index (κ3) is 4.59. The highest BCUT2D eigenvalue weighted by atomic mass is 16.7. The fourth-order valence-electron chi connectivity index (χ4n) is 3.21. The van der Waals surface area contributed by atoms with E-state index < -0.39 is 79.8 Å². The van der Waals surface area contributed by atoms with E-state index in [0.717, 1.165) is 0 Å². The van der Waals surface area contributed by atoms with Crippen LogP contribution in [0.4, 0.5) is 0 Å². The summed E-state index contributed by atoms with van der Waals surface area (Å²) in [6.45, 7) is 0.522. The van der Waals surface area contributed by atoms with Crippen LogP contribution in [-0.2, 0) is 28.5 Å². The number of carbonyl (C=O) groups excluding carboxylic acids is 1. The van der Waals surface area contributed by atoms with Crippen molar-refractivity contribution in [3.8, 4) is 0 Å². The SMILES string of the molecule is CO[C@H]1C(O)C(CO)O[C@@H](O[C@@H]2C(C(=O)O)OC(O)C(O)C2O)C1NC(C)=O. The van der Waals surface area contributed by atoms with E-state index in [1.807, 2.05) is 0 Å². The molecule has 2 aliphatic heterocycles. The zero-order valence-corrected chi connectivity index (χ0v) is 15.1. The molecule has 0 aliphatic carbocycles. The number of aliphatic carboxylic acids is 1. The minimum Gasteiger partial charge on any atom is -0.479 e. The van der Waals surface area contributed by atoms with Gasteiger partial charge in [0.2, 0.25) is 5.91 Å². The van der Waals surface area contributed by atoms with E-state index in [4.69, 9.17) is 18.9 Å². The summed E-state index contributed by atoms with van der Waals surface area (Å²) in [6.07, 6.45) is -14.5. The number of aliphatic hydroxyl groups excluding tert-OH is 5. The van der Waals surface area contributed by atoms with Crippen LogP contribution in [-0.4, -0.2) is 118 Å². The van der Waals surface area contributed by atoms with Crippen LogP contribution in [0.15, 0.2) is 0 Å². The highest BCUT2D eigenvalue weighted by Crippen LogP contribution is 2.29. The van der Waals surface area contributed by atoms with Crippen molar-refractivity contribution in [3.63, 3.8) is 0 Å². The van der Waals surface area contributed by atoms with Gasteiger partial charge in [0.15, 0.2) is 18.7 Å². The topological polar surface area (TPSA) is 204 Å². The van der Waals surface area contributed by atoms with Crippen LogP contribution in [0.5, 0.6) is 0 Å². The zero-order chi connectivity index (χ0) is 21.2. The van der Waals surface area contributed by atoms with Crippen molar-refractivity contribution in [3.05, 3.63) is 0 Å². The molecule has 0 saturated carbocycles. The molecule has 2 fully saturated rings. The number of nitrogens with one attached hydrogen (secondary N) is 1. The molecule has 13 heteroatoms. The molecule has 7 unspecified atom stereocenters. The first-order chi connectivity index (χ1) is 13.1. The monoisotopic (exact) mass is 411 g/mol. The van der Waals surface area contributed by atoms with Crippen LogP contribution in [0.2, 0.25) is 0 Å². The Bertz CT molecular complexity index is 561. The number of carboxylic acid groups (broad SMARTS) is 1. The smallest absolute Gasteiger partial charge is 0.335 e. The van der Waals surface area contributed by atoms with Crippen molar-refractivity contribution in [1.82, 2.24) is 5.32 Å². The fourth-order valence-corrected chi connectivity index (χ4v) is 3.21. The Morgan fingerprint density at radius 2 is 1.68 bits per heavy atom. The molecule has 2 heterocycles. The second-order valence-corrected chi connectivity index (χ2v) is 6.51. The van der Waals surface area contributed by atoms with E-state index in [9.17, 15) is 40.2 Å². The molecule has 0 aromatic carbocycles. The van der Waals surface area contributed by atoms with Crippen LogP contribution in [0, 0.1) is 0 Å². The lowest BCUT2D eigenvalue weighted by Gasteiger charge is -2.46. The maximum absolute atomic E-state index is 11.6. The van der Waals surface area contributed by atoms with Gasteiger partial charge in [0, 0.05) is 14.0 Å². The first-order valence-corrected chi connectivity index (χ1v) is 8.44. The summed E-state index contributed by atoms with van der Waals surface area (Å²) in [4.78, 5) is 23.0. The standard InChI is InChI=1S/C15H25NO12/c1-4(18)16-6-10(25-2)7(19)5(3-17)26-15(6)28-11-8(20)9(21)14(24)27-12(11)13(22)23/h5-12,14-15,17,19-21,24H,3H2,1-2H3,(H,16,18)(H,22,23)/t5?,6?,7?,8?,9?,10-,11+,12?,14?,15+/m1/s1. The average Bonchev–Trinajstić information content (AvgIpc) is 2.63. The van der Waals surface area contributed by atoms with Gasteiger partial charge in [0.25, 0.3) is 0 Å². The molecule has 28 heavy (non-hydrogen) atoms. The first kappa shape index (κ1) is 22.9. The molecule has 2 saturated heterocycles. The number of methoxy groups -OCH3 is 1. The highest BCUT2D eigenvalue weighted by molar-refractivity contribution is 5.74. The van der Waals surface area contributed by atoms with Gasteiger partial charge in [0.05, 0.1) is 6.61 Å². The predicted octanol–water partition coefficient (Wildman–Crippen LogP) is -4.51. The number of carbonyl (C=O) groups is 2. The molecule has 13 nitrogen and oxygen atoms in total. The lowest BCUT2D eigenvalue weighted by Crippen LogP contribution is -2.68. The molecule has 162 valence electrons. The van der Waals surface area contributed by atoms with Crippen molar-refractivity contribution in [1.29, 1.82) is 0 Å². The number of amides is 1. The quantitative estimate of drug-likeness (QED) is 0.221. The number of rotatable bonds is 6. The largest absolute Gasteiger partial charge is 0.479 e. The van der Waals surface area contributed by atoms with Crippen molar-refractivity contribution >= 4 is 11.9 Å². The van der Waals surface area contributed by atoms with E-state index in [0.29, 0.717) is 0 Å². The van der Waals surface area contributed by atoms with Gasteiger partial charge in [-0.05, 0) is 0 Å². The van der Waals surface area contributed by atoms with E-state index in [2.05, 4.69) is 5.32 Å². The molecule has 2 aliphatic rings. The van der Waals surface area contributed by atoms with Gasteiger partial charge in [-0.1, -0.05) is 0 Å². The lowest BCUT2D eigenvalue weighted by atomic mass is 9.95. The molecule has 1 amide bonds. The molecule has 0 spiro atoms. The van der Waals surface area contributed by atoms with Crippen molar-refractivity contribution in [2.45, 2.75) is 68.3 Å². The van der Waals surface area contributed by atoms with Gasteiger partial charge < -0.3 is 54.9 Å². The van der Waals surface area contributed by atoms with Crippen molar-refractivity contribution < 1.29 is 59.2 Å². The molecule has 0 aromatic rings. The number of ether oxygens (including phenoxy) is 4. The van der Waals surface area contributed by atoms with Gasteiger partial charge >= 0.3 is 5.97 Å². The second kappa shape index (κ2) is 9.39. The van der Waals surface area contributed by atoms with Crippen molar-refractivity contribution in [2.75, 3.05) is 13.7 Å². The molecular formula is C15H25NO12. The van der Waals surface area contributed by atoms with Crippen LogP contribution in [0.25, 0.3) is 0 Å². The Morgan fingerprint density at radius 3 is 2.18 bits per heavy atom. The van der Waals surface area contributed by atoms with Gasteiger partial charge in [-0.15, -0.1) is 0 Å². The predicted molar refractivity (Wildman–Crippen MR) is 85.6 cm³/mol. The lowest BCUT2D eigenvalue weighted by molar-refractivity contribution is -0.336. The Labute approximate surface area is 159 Å². The first-order valence-electron chi connectivity index (χ1n) is 8.44. The number of hydrogen-bond acceptors (Lipinski definition) is 11. The Kier molecular flexibility index (Phi) is 7.66. The number of hydrogen-bond donors (Lipinski definition) is 7. The summed E-state index contributed by atoms with van der Waals surface area (Å²) in [7, 11) is 1.23. The van der Waals surface area contributed by atoms with Crippen LogP contribution in [0.3, 0.4) is 0 Å². The third-order valence-corrected chi connectivity index (χ3v) is 4.59. The summed E-state index contributed by atoms with van der Waals surface area (Å²) in [6, 6.07) is -1.16. The maximum atomic E-state index is 11.6. The Morgan fingerprint density at radius 1 is 1.04 bits per heavy atom. The molecule has 0 bridgehead atoms. The third-order valence-electron chi connectivity index (χ3n) is 4.59. The maximum Gasteiger partial charge on any atom is 0.335 e. The highest BCUT2D eigenvalue weighted by Gasteiger charge is 2.53. The van der Waals surface area contributed by atoms with Gasteiger partial charge in [-0.3, -0.25) is 4.79 Å². The summed E-state index contributed by atoms with van der Waals surface area (Å²) < 4.78 is 20.9. The molecule has 0 aromatic heterocycles. The summed E-state index contributed by atoms with van der Waals surface area (Å²) in [5.41, 5.74) is 0. The average molecular weight is 411 g/mol. The van der Waals surface area contributed by atoms with Crippen molar-refractivity contribution in [2.24, 2.45) is 0 Å². The molecule has 7 N–H and O–H groups in total. The number of aliphatic hydroxyl groups is 5. The molecule has 0 radical (unpaired) electrons. The summed E-state index contributed by atoms with van der Waals surface area (Å²) in [5.74, 6) is -2.14. The fraction of sp³-hybridized carbons (Fsp3) is 0.867. The number of carboxylic acids is 1. The van der Waals surface area contributed by atoms with E-state index >= 15 is 0 Å². The minimum atomic E-state index is -1.96. The van der Waals surface area contributed by atoms with E-state index in [-0.39, 0.29) is 0 Å². The van der Waals surface area contributed by atoms with Crippen LogP contribution < -0.4 is 5.32 Å². The van der Waals surface area contributed by atoms with Crippen LogP contribution in [0.1, 0.15) is 6.92 Å². The summed E-state index contributed by atoms with van der Waals surface area (Å²) in [5, 5.41) is 60.9. The Balaban J connectivity index is 2.31. The van der Waals surface area contributed by atoms with E-state index in [1.54, 1.807) is 0 Å². The normalized spacial score (nSPS) is 44.1. The van der Waals surface area contributed by atoms with Gasteiger partial charge in [-0.2, -0.15) is 0 Å². The molecule has 10 atom stereocenters. The zero-order valence-electron chi connectivity index (χ0n) is 15.1.